The molecule has 0 saturated heterocycles. The van der Waals surface area contributed by atoms with Gasteiger partial charge in [-0.15, -0.1) is 0 Å². The van der Waals surface area contributed by atoms with Gasteiger partial charge >= 0.3 is 0 Å². The van der Waals surface area contributed by atoms with Crippen molar-refractivity contribution in [2.24, 2.45) is 5.73 Å². The normalized spacial score (nSPS) is 13.2. The van der Waals surface area contributed by atoms with Crippen LogP contribution in [0.4, 0.5) is 0 Å². The molecule has 1 unspecified atom stereocenters. The SMILES string of the molecule is Cc1cc(Br)cc(C(N)COC(C)C)c1. The zero-order valence-electron chi connectivity index (χ0n) is 9.46. The van der Waals surface area contributed by atoms with E-state index in [1.807, 2.05) is 19.9 Å². The lowest BCUT2D eigenvalue weighted by molar-refractivity contribution is 0.0683. The standard InChI is InChI=1S/C12H18BrNO/c1-8(2)15-7-12(14)10-4-9(3)5-11(13)6-10/h4-6,8,12H,7,14H2,1-3H3. The molecule has 0 bridgehead atoms. The average molecular weight is 272 g/mol. The van der Waals surface area contributed by atoms with Gasteiger partial charge in [-0.05, 0) is 44.0 Å². The Morgan fingerprint density at radius 1 is 1.33 bits per heavy atom. The third kappa shape index (κ3) is 4.33. The van der Waals surface area contributed by atoms with E-state index in [9.17, 15) is 0 Å². The summed E-state index contributed by atoms with van der Waals surface area (Å²) in [5, 5.41) is 0. The molecule has 0 aromatic heterocycles. The minimum absolute atomic E-state index is 0.0522. The first-order chi connectivity index (χ1) is 6.99. The smallest absolute Gasteiger partial charge is 0.0662 e. The molecule has 1 atom stereocenters. The van der Waals surface area contributed by atoms with Gasteiger partial charge in [0.2, 0.25) is 0 Å². The van der Waals surface area contributed by atoms with Crippen molar-refractivity contribution in [3.63, 3.8) is 0 Å². The van der Waals surface area contributed by atoms with Crippen LogP contribution in [0.3, 0.4) is 0 Å². The summed E-state index contributed by atoms with van der Waals surface area (Å²) in [4.78, 5) is 0. The lowest BCUT2D eigenvalue weighted by Gasteiger charge is -2.15. The minimum Gasteiger partial charge on any atom is -0.377 e. The first-order valence-corrected chi connectivity index (χ1v) is 5.92. The molecule has 1 aromatic carbocycles. The number of ether oxygens (including phenoxy) is 1. The molecule has 0 aliphatic rings. The zero-order valence-corrected chi connectivity index (χ0v) is 11.0. The first kappa shape index (κ1) is 12.7. The van der Waals surface area contributed by atoms with E-state index in [0.717, 1.165) is 10.0 Å². The van der Waals surface area contributed by atoms with Gasteiger partial charge < -0.3 is 10.5 Å². The molecule has 0 aliphatic carbocycles. The second kappa shape index (κ2) is 5.64. The second-order valence-corrected chi connectivity index (χ2v) is 4.97. The Morgan fingerprint density at radius 2 is 2.00 bits per heavy atom. The first-order valence-electron chi connectivity index (χ1n) is 5.13. The lowest BCUT2D eigenvalue weighted by atomic mass is 10.1. The Labute approximate surface area is 99.9 Å². The molecule has 0 saturated carbocycles. The minimum atomic E-state index is -0.0522. The van der Waals surface area contributed by atoms with Crippen LogP contribution in [0.5, 0.6) is 0 Å². The molecule has 0 amide bonds. The van der Waals surface area contributed by atoms with Gasteiger partial charge in [-0.25, -0.2) is 0 Å². The van der Waals surface area contributed by atoms with Crippen LogP contribution < -0.4 is 5.73 Å². The van der Waals surface area contributed by atoms with Crippen molar-refractivity contribution in [1.29, 1.82) is 0 Å². The molecule has 1 rings (SSSR count). The van der Waals surface area contributed by atoms with Gasteiger partial charge in [0.05, 0.1) is 18.8 Å². The summed E-state index contributed by atoms with van der Waals surface area (Å²) in [5.41, 5.74) is 8.36. The van der Waals surface area contributed by atoms with Gasteiger partial charge in [0.25, 0.3) is 0 Å². The number of benzene rings is 1. The molecule has 2 N–H and O–H groups in total. The summed E-state index contributed by atoms with van der Waals surface area (Å²) < 4.78 is 6.56. The fraction of sp³-hybridized carbons (Fsp3) is 0.500. The van der Waals surface area contributed by atoms with Crippen molar-refractivity contribution in [2.75, 3.05) is 6.61 Å². The average Bonchev–Trinajstić information content (AvgIpc) is 2.12. The quantitative estimate of drug-likeness (QED) is 0.913. The van der Waals surface area contributed by atoms with E-state index >= 15 is 0 Å². The van der Waals surface area contributed by atoms with Crippen LogP contribution >= 0.6 is 15.9 Å². The molecular weight excluding hydrogens is 254 g/mol. The lowest BCUT2D eigenvalue weighted by Crippen LogP contribution is -2.19. The monoisotopic (exact) mass is 271 g/mol. The summed E-state index contributed by atoms with van der Waals surface area (Å²) >= 11 is 3.46. The molecule has 0 aliphatic heterocycles. The van der Waals surface area contributed by atoms with Crippen molar-refractivity contribution in [1.82, 2.24) is 0 Å². The highest BCUT2D eigenvalue weighted by Crippen LogP contribution is 2.19. The van der Waals surface area contributed by atoms with Crippen LogP contribution in [-0.2, 0) is 4.74 Å². The van der Waals surface area contributed by atoms with Crippen LogP contribution in [0.2, 0.25) is 0 Å². The summed E-state index contributed by atoms with van der Waals surface area (Å²) in [6, 6.07) is 6.16. The fourth-order valence-corrected chi connectivity index (χ4v) is 2.00. The molecule has 2 nitrogen and oxygen atoms in total. The summed E-state index contributed by atoms with van der Waals surface area (Å²) in [7, 11) is 0. The Hall–Kier alpha value is -0.380. The van der Waals surface area contributed by atoms with E-state index in [1.54, 1.807) is 0 Å². The molecule has 84 valence electrons. The Morgan fingerprint density at radius 3 is 2.53 bits per heavy atom. The number of halogens is 1. The van der Waals surface area contributed by atoms with Gasteiger partial charge in [-0.2, -0.15) is 0 Å². The van der Waals surface area contributed by atoms with E-state index in [2.05, 4.69) is 35.0 Å². The maximum atomic E-state index is 6.04. The van der Waals surface area contributed by atoms with Crippen molar-refractivity contribution in [2.45, 2.75) is 32.9 Å². The summed E-state index contributed by atoms with van der Waals surface area (Å²) in [5.74, 6) is 0. The van der Waals surface area contributed by atoms with Crippen molar-refractivity contribution in [3.05, 3.63) is 33.8 Å². The van der Waals surface area contributed by atoms with Crippen molar-refractivity contribution >= 4 is 15.9 Å². The largest absolute Gasteiger partial charge is 0.377 e. The Balaban J connectivity index is 2.68. The van der Waals surface area contributed by atoms with Gasteiger partial charge in [0, 0.05) is 4.47 Å². The van der Waals surface area contributed by atoms with Gasteiger partial charge in [-0.1, -0.05) is 22.0 Å². The number of hydrogen-bond acceptors (Lipinski definition) is 2. The highest BCUT2D eigenvalue weighted by atomic mass is 79.9. The van der Waals surface area contributed by atoms with E-state index in [-0.39, 0.29) is 12.1 Å². The van der Waals surface area contributed by atoms with Crippen molar-refractivity contribution < 1.29 is 4.74 Å². The predicted molar refractivity (Wildman–Crippen MR) is 66.9 cm³/mol. The fourth-order valence-electron chi connectivity index (χ4n) is 1.37. The zero-order chi connectivity index (χ0) is 11.4. The van der Waals surface area contributed by atoms with Crippen molar-refractivity contribution in [3.8, 4) is 0 Å². The topological polar surface area (TPSA) is 35.2 Å². The molecule has 0 fully saturated rings. The number of rotatable bonds is 4. The second-order valence-electron chi connectivity index (χ2n) is 4.05. The van der Waals surface area contributed by atoms with E-state index in [1.165, 1.54) is 5.56 Å². The maximum Gasteiger partial charge on any atom is 0.0662 e. The highest BCUT2D eigenvalue weighted by Gasteiger charge is 2.08. The predicted octanol–water partition coefficient (Wildman–Crippen LogP) is 3.18. The number of nitrogens with two attached hydrogens (primary N) is 1. The van der Waals surface area contributed by atoms with Gasteiger partial charge in [0.1, 0.15) is 0 Å². The van der Waals surface area contributed by atoms with E-state index in [0.29, 0.717) is 6.61 Å². The maximum absolute atomic E-state index is 6.04. The molecule has 0 spiro atoms. The summed E-state index contributed by atoms with van der Waals surface area (Å²) in [6.45, 7) is 6.65. The van der Waals surface area contributed by atoms with E-state index in [4.69, 9.17) is 10.5 Å². The Kier molecular flexibility index (Phi) is 4.77. The van der Waals surface area contributed by atoms with E-state index < -0.39 is 0 Å². The van der Waals surface area contributed by atoms with Crippen LogP contribution in [-0.4, -0.2) is 12.7 Å². The third-order valence-electron chi connectivity index (χ3n) is 2.10. The van der Waals surface area contributed by atoms with Crippen LogP contribution in [0, 0.1) is 6.92 Å². The summed E-state index contributed by atoms with van der Waals surface area (Å²) in [6.07, 6.45) is 0.226. The number of aryl methyl sites for hydroxylation is 1. The molecule has 1 aromatic rings. The van der Waals surface area contributed by atoms with Crippen LogP contribution in [0.25, 0.3) is 0 Å². The molecule has 0 radical (unpaired) electrons. The number of hydrogen-bond donors (Lipinski definition) is 1. The highest BCUT2D eigenvalue weighted by molar-refractivity contribution is 9.10. The van der Waals surface area contributed by atoms with Crippen LogP contribution in [0.15, 0.2) is 22.7 Å². The van der Waals surface area contributed by atoms with Gasteiger partial charge in [0.15, 0.2) is 0 Å². The van der Waals surface area contributed by atoms with Crippen LogP contribution in [0.1, 0.15) is 31.0 Å². The Bertz CT molecular complexity index is 305. The third-order valence-corrected chi connectivity index (χ3v) is 2.56. The molecular formula is C12H18BrNO. The molecule has 15 heavy (non-hydrogen) atoms. The molecule has 0 heterocycles. The molecule has 3 heteroatoms. The van der Waals surface area contributed by atoms with Gasteiger partial charge in [-0.3, -0.25) is 0 Å².